The van der Waals surface area contributed by atoms with Crippen molar-refractivity contribution in [2.45, 2.75) is 25.4 Å². The third-order valence-electron chi connectivity index (χ3n) is 3.49. The Morgan fingerprint density at radius 3 is 2.90 bits per heavy atom. The maximum atomic E-state index is 12.3. The second-order valence-corrected chi connectivity index (χ2v) is 5.78. The van der Waals surface area contributed by atoms with Crippen LogP contribution in [-0.4, -0.2) is 27.7 Å². The van der Waals surface area contributed by atoms with Crippen LogP contribution in [0.1, 0.15) is 18.4 Å². The number of anilines is 1. The van der Waals surface area contributed by atoms with Crippen LogP contribution in [0.5, 0.6) is 0 Å². The van der Waals surface area contributed by atoms with Gasteiger partial charge in [0.2, 0.25) is 11.8 Å². The lowest BCUT2D eigenvalue weighted by molar-refractivity contribution is -0.133. The number of hydrogen-bond donors (Lipinski definition) is 1. The van der Waals surface area contributed by atoms with Crippen LogP contribution < -0.4 is 5.32 Å². The molecule has 1 aromatic carbocycles. The van der Waals surface area contributed by atoms with Crippen molar-refractivity contribution in [3.8, 4) is 0 Å². The predicted octanol–water partition coefficient (Wildman–Crippen LogP) is 2.27. The fraction of sp³-hybridized carbons (Fsp3) is 0.267. The number of carbonyl (C=O) groups excluding carboxylic acids is 2. The van der Waals surface area contributed by atoms with Crippen molar-refractivity contribution in [3.05, 3.63) is 47.5 Å². The Labute approximate surface area is 126 Å². The molecule has 2 amide bonds. The van der Waals surface area contributed by atoms with Crippen LogP contribution in [0.15, 0.2) is 41.9 Å². The average molecular weight is 301 g/mol. The molecule has 2 heterocycles. The maximum Gasteiger partial charge on any atom is 0.248 e. The van der Waals surface area contributed by atoms with Crippen molar-refractivity contribution >= 4 is 28.3 Å². The number of thiazole rings is 1. The second-order valence-electron chi connectivity index (χ2n) is 4.89. The number of aromatic nitrogens is 1. The molecule has 1 aromatic heterocycles. The number of nitrogens with zero attached hydrogens (tertiary/aromatic N) is 2. The highest BCUT2D eigenvalue weighted by Gasteiger charge is 2.36. The first-order valence-corrected chi connectivity index (χ1v) is 7.66. The molecule has 6 heteroatoms. The van der Waals surface area contributed by atoms with Gasteiger partial charge in [0.15, 0.2) is 5.13 Å². The first kappa shape index (κ1) is 13.8. The van der Waals surface area contributed by atoms with Crippen LogP contribution in [-0.2, 0) is 16.1 Å². The van der Waals surface area contributed by atoms with Gasteiger partial charge < -0.3 is 10.2 Å². The molecule has 1 aliphatic heterocycles. The largest absolute Gasteiger partial charge is 0.326 e. The standard InChI is InChI=1S/C15H15N3O2S/c19-13-7-6-12(14(20)17-15-16-8-9-21-15)18(13)10-11-4-2-1-3-5-11/h1-5,8-9,12H,6-7,10H2,(H,16,17,20). The van der Waals surface area contributed by atoms with Crippen molar-refractivity contribution in [1.29, 1.82) is 0 Å². The van der Waals surface area contributed by atoms with Gasteiger partial charge in [0.05, 0.1) is 0 Å². The minimum absolute atomic E-state index is 0.0261. The number of rotatable bonds is 4. The van der Waals surface area contributed by atoms with Gasteiger partial charge in [-0.2, -0.15) is 0 Å². The van der Waals surface area contributed by atoms with Gasteiger partial charge >= 0.3 is 0 Å². The van der Waals surface area contributed by atoms with Crippen LogP contribution in [0.25, 0.3) is 0 Å². The SMILES string of the molecule is O=C(Nc1nccs1)C1CCC(=O)N1Cc1ccccc1. The molecular formula is C15H15N3O2S. The summed E-state index contributed by atoms with van der Waals surface area (Å²) in [6, 6.07) is 9.30. The lowest BCUT2D eigenvalue weighted by atomic mass is 10.1. The maximum absolute atomic E-state index is 12.3. The molecule has 1 atom stereocenters. The fourth-order valence-corrected chi connectivity index (χ4v) is 2.99. The molecule has 1 saturated heterocycles. The number of amides is 2. The van der Waals surface area contributed by atoms with E-state index in [0.29, 0.717) is 24.5 Å². The first-order chi connectivity index (χ1) is 10.2. The van der Waals surface area contributed by atoms with E-state index in [-0.39, 0.29) is 11.8 Å². The van der Waals surface area contributed by atoms with E-state index < -0.39 is 6.04 Å². The number of nitrogens with one attached hydrogen (secondary N) is 1. The molecule has 1 aliphatic rings. The van der Waals surface area contributed by atoms with Gasteiger partial charge in [-0.3, -0.25) is 9.59 Å². The Morgan fingerprint density at radius 2 is 2.19 bits per heavy atom. The number of likely N-dealkylation sites (tertiary alicyclic amines) is 1. The smallest absolute Gasteiger partial charge is 0.248 e. The molecular weight excluding hydrogens is 286 g/mol. The molecule has 3 rings (SSSR count). The minimum atomic E-state index is -0.415. The molecule has 0 spiro atoms. The van der Waals surface area contributed by atoms with Crippen molar-refractivity contribution in [1.82, 2.24) is 9.88 Å². The van der Waals surface area contributed by atoms with Gasteiger partial charge in [0.25, 0.3) is 0 Å². The first-order valence-electron chi connectivity index (χ1n) is 6.78. The third kappa shape index (κ3) is 3.11. The van der Waals surface area contributed by atoms with Gasteiger partial charge in [-0.05, 0) is 12.0 Å². The molecule has 0 saturated carbocycles. The summed E-state index contributed by atoms with van der Waals surface area (Å²) in [7, 11) is 0. The van der Waals surface area contributed by atoms with Crippen molar-refractivity contribution in [2.75, 3.05) is 5.32 Å². The summed E-state index contributed by atoms with van der Waals surface area (Å²) < 4.78 is 0. The van der Waals surface area contributed by atoms with Crippen LogP contribution >= 0.6 is 11.3 Å². The number of carbonyl (C=O) groups is 2. The predicted molar refractivity (Wildman–Crippen MR) is 80.8 cm³/mol. The zero-order chi connectivity index (χ0) is 14.7. The normalized spacial score (nSPS) is 18.0. The topological polar surface area (TPSA) is 62.3 Å². The van der Waals surface area contributed by atoms with Crippen molar-refractivity contribution in [2.24, 2.45) is 0 Å². The van der Waals surface area contributed by atoms with E-state index in [1.165, 1.54) is 11.3 Å². The Hall–Kier alpha value is -2.21. The van der Waals surface area contributed by atoms with Crippen molar-refractivity contribution < 1.29 is 9.59 Å². The van der Waals surface area contributed by atoms with E-state index in [0.717, 1.165) is 5.56 Å². The molecule has 1 unspecified atom stereocenters. The molecule has 108 valence electrons. The highest BCUT2D eigenvalue weighted by molar-refractivity contribution is 7.13. The van der Waals surface area contributed by atoms with Gasteiger partial charge in [-0.15, -0.1) is 11.3 Å². The summed E-state index contributed by atoms with van der Waals surface area (Å²) in [5.74, 6) is -0.134. The average Bonchev–Trinajstić information content (AvgIpc) is 3.11. The summed E-state index contributed by atoms with van der Waals surface area (Å²) in [5, 5.41) is 5.15. The molecule has 0 radical (unpaired) electrons. The summed E-state index contributed by atoms with van der Waals surface area (Å²) in [6.45, 7) is 0.468. The highest BCUT2D eigenvalue weighted by Crippen LogP contribution is 2.23. The lowest BCUT2D eigenvalue weighted by Crippen LogP contribution is -2.41. The summed E-state index contributed by atoms with van der Waals surface area (Å²) in [4.78, 5) is 30.0. The van der Waals surface area contributed by atoms with Gasteiger partial charge in [0, 0.05) is 24.5 Å². The van der Waals surface area contributed by atoms with Gasteiger partial charge in [-0.1, -0.05) is 30.3 Å². The summed E-state index contributed by atoms with van der Waals surface area (Å²) in [5.41, 5.74) is 1.03. The Kier molecular flexibility index (Phi) is 3.96. The fourth-order valence-electron chi connectivity index (χ4n) is 2.46. The minimum Gasteiger partial charge on any atom is -0.326 e. The molecule has 0 aliphatic carbocycles. The van der Waals surface area contributed by atoms with E-state index in [1.807, 2.05) is 30.3 Å². The van der Waals surface area contributed by atoms with Crippen LogP contribution in [0.4, 0.5) is 5.13 Å². The van der Waals surface area contributed by atoms with Crippen LogP contribution in [0.3, 0.4) is 0 Å². The van der Waals surface area contributed by atoms with Crippen molar-refractivity contribution in [3.63, 3.8) is 0 Å². The monoisotopic (exact) mass is 301 g/mol. The molecule has 0 bridgehead atoms. The number of hydrogen-bond acceptors (Lipinski definition) is 4. The van der Waals surface area contributed by atoms with Crippen LogP contribution in [0.2, 0.25) is 0 Å². The molecule has 1 fully saturated rings. The Bertz CT molecular complexity index is 628. The second kappa shape index (κ2) is 6.05. The van der Waals surface area contributed by atoms with Crippen LogP contribution in [0, 0.1) is 0 Å². The molecule has 2 aromatic rings. The summed E-state index contributed by atoms with van der Waals surface area (Å²) in [6.07, 6.45) is 2.62. The van der Waals surface area contributed by atoms with Gasteiger partial charge in [0.1, 0.15) is 6.04 Å². The zero-order valence-corrected chi connectivity index (χ0v) is 12.2. The lowest BCUT2D eigenvalue weighted by Gasteiger charge is -2.23. The van der Waals surface area contributed by atoms with E-state index in [1.54, 1.807) is 16.5 Å². The Morgan fingerprint density at radius 1 is 1.38 bits per heavy atom. The van der Waals surface area contributed by atoms with E-state index in [2.05, 4.69) is 10.3 Å². The quantitative estimate of drug-likeness (QED) is 0.942. The Balaban J connectivity index is 1.71. The highest BCUT2D eigenvalue weighted by atomic mass is 32.1. The molecule has 1 N–H and O–H groups in total. The molecule has 5 nitrogen and oxygen atoms in total. The summed E-state index contributed by atoms with van der Waals surface area (Å²) >= 11 is 1.37. The van der Waals surface area contributed by atoms with Gasteiger partial charge in [-0.25, -0.2) is 4.98 Å². The van der Waals surface area contributed by atoms with E-state index in [4.69, 9.17) is 0 Å². The number of benzene rings is 1. The zero-order valence-electron chi connectivity index (χ0n) is 11.4. The third-order valence-corrected chi connectivity index (χ3v) is 4.18. The van der Waals surface area contributed by atoms with E-state index in [9.17, 15) is 9.59 Å². The molecule has 21 heavy (non-hydrogen) atoms. The van der Waals surface area contributed by atoms with E-state index >= 15 is 0 Å².